The van der Waals surface area contributed by atoms with E-state index in [1.165, 1.54) is 0 Å². The molecule has 1 amide bonds. The molecule has 0 fully saturated rings. The van der Waals surface area contributed by atoms with E-state index in [-0.39, 0.29) is 0 Å². The molecule has 116 valence electrons. The van der Waals surface area contributed by atoms with E-state index in [9.17, 15) is 4.79 Å². The van der Waals surface area contributed by atoms with Crippen LogP contribution in [0.25, 0.3) is 0 Å². The number of benzene rings is 1. The van der Waals surface area contributed by atoms with Crippen LogP contribution in [0.3, 0.4) is 0 Å². The Balaban J connectivity index is 1.89. The number of primary amides is 1. The first-order valence-electron chi connectivity index (χ1n) is 7.16. The van der Waals surface area contributed by atoms with Gasteiger partial charge in [0.1, 0.15) is 5.56 Å². The minimum atomic E-state index is -0.557. The van der Waals surface area contributed by atoms with Gasteiger partial charge in [-0.15, -0.1) is 0 Å². The molecule has 0 spiro atoms. The number of amides is 1. The van der Waals surface area contributed by atoms with E-state index in [0.29, 0.717) is 28.5 Å². The molecule has 1 aliphatic carbocycles. The van der Waals surface area contributed by atoms with Crippen LogP contribution in [-0.4, -0.2) is 22.3 Å². The van der Waals surface area contributed by atoms with E-state index in [2.05, 4.69) is 15.2 Å². The van der Waals surface area contributed by atoms with Crippen LogP contribution >= 0.6 is 11.6 Å². The van der Waals surface area contributed by atoms with Crippen molar-refractivity contribution in [3.8, 4) is 0 Å². The summed E-state index contributed by atoms with van der Waals surface area (Å²) in [5.74, 6) is -0.255. The van der Waals surface area contributed by atoms with E-state index in [1.54, 1.807) is 12.3 Å². The third-order valence-electron chi connectivity index (χ3n) is 3.47. The number of aromatic nitrogens is 2. The molecule has 3 N–H and O–H groups in total. The number of nitrogens with two attached hydrogens (primary N) is 1. The number of rotatable bonds is 5. The minimum Gasteiger partial charge on any atom is -0.365 e. The van der Waals surface area contributed by atoms with Crippen molar-refractivity contribution >= 4 is 29.5 Å². The smallest absolute Gasteiger partial charge is 0.254 e. The van der Waals surface area contributed by atoms with Gasteiger partial charge in [0.15, 0.2) is 5.82 Å². The van der Waals surface area contributed by atoms with Gasteiger partial charge in [0.25, 0.3) is 5.91 Å². The highest BCUT2D eigenvalue weighted by molar-refractivity contribution is 6.30. The number of nitrogens with zero attached hydrogens (tertiary/aromatic N) is 2. The predicted molar refractivity (Wildman–Crippen MR) is 91.4 cm³/mol. The van der Waals surface area contributed by atoms with Crippen molar-refractivity contribution in [2.75, 3.05) is 0 Å². The average molecular weight is 327 g/mol. The van der Waals surface area contributed by atoms with Crippen molar-refractivity contribution in [2.45, 2.75) is 12.8 Å². The molecular formula is C17H15ClN4O. The van der Waals surface area contributed by atoms with Gasteiger partial charge in [0.05, 0.1) is 5.69 Å². The summed E-state index contributed by atoms with van der Waals surface area (Å²) in [4.78, 5) is 16.1. The van der Waals surface area contributed by atoms with Crippen LogP contribution in [0.4, 0.5) is 5.82 Å². The fraction of sp³-hybridized carbons (Fsp3) is 0.118. The second kappa shape index (κ2) is 6.62. The maximum atomic E-state index is 11.8. The number of aliphatic imine (C=N–C) groups is 1. The third-order valence-corrected chi connectivity index (χ3v) is 3.71. The van der Waals surface area contributed by atoms with E-state index in [1.807, 2.05) is 36.4 Å². The molecule has 0 unspecified atom stereocenters. The molecule has 0 aliphatic heterocycles. The fourth-order valence-corrected chi connectivity index (χ4v) is 2.62. The Labute approximate surface area is 138 Å². The van der Waals surface area contributed by atoms with Crippen LogP contribution in [0.15, 0.2) is 53.1 Å². The summed E-state index contributed by atoms with van der Waals surface area (Å²) >= 11 is 5.99. The fourth-order valence-electron chi connectivity index (χ4n) is 2.41. The molecule has 23 heavy (non-hydrogen) atoms. The Morgan fingerprint density at radius 2 is 2.35 bits per heavy atom. The van der Waals surface area contributed by atoms with E-state index < -0.39 is 5.91 Å². The summed E-state index contributed by atoms with van der Waals surface area (Å²) in [5, 5.41) is 7.60. The Kier molecular flexibility index (Phi) is 4.39. The number of H-pyrrole nitrogens is 1. The van der Waals surface area contributed by atoms with Crippen LogP contribution < -0.4 is 5.73 Å². The average Bonchev–Trinajstić information content (AvgIpc) is 3.14. The number of hydrogen-bond acceptors (Lipinski definition) is 3. The van der Waals surface area contributed by atoms with Gasteiger partial charge < -0.3 is 5.73 Å². The van der Waals surface area contributed by atoms with E-state index >= 15 is 0 Å². The van der Waals surface area contributed by atoms with Gasteiger partial charge in [-0.1, -0.05) is 42.0 Å². The predicted octanol–water partition coefficient (Wildman–Crippen LogP) is 3.34. The molecule has 1 heterocycles. The molecule has 0 saturated heterocycles. The lowest BCUT2D eigenvalue weighted by Crippen LogP contribution is -2.13. The highest BCUT2D eigenvalue weighted by Crippen LogP contribution is 2.23. The molecule has 0 saturated carbocycles. The lowest BCUT2D eigenvalue weighted by Gasteiger charge is -2.02. The first-order chi connectivity index (χ1) is 11.1. The normalized spacial score (nSPS) is 13.7. The number of nitrogens with one attached hydrogen (secondary N) is 1. The van der Waals surface area contributed by atoms with Crippen molar-refractivity contribution in [1.82, 2.24) is 10.2 Å². The monoisotopic (exact) mass is 326 g/mol. The molecule has 0 radical (unpaired) electrons. The second-order valence-electron chi connectivity index (χ2n) is 5.17. The number of carbonyl (C=O) groups is 1. The number of halogens is 1. The largest absolute Gasteiger partial charge is 0.365 e. The molecular weight excluding hydrogens is 312 g/mol. The van der Waals surface area contributed by atoms with Gasteiger partial charge in [-0.05, 0) is 29.7 Å². The summed E-state index contributed by atoms with van der Waals surface area (Å²) in [6.45, 7) is 0. The number of carbonyl (C=O) groups excluding carboxylic acids is 1. The minimum absolute atomic E-state index is 0.302. The van der Waals surface area contributed by atoms with Gasteiger partial charge in [0, 0.05) is 17.7 Å². The topological polar surface area (TPSA) is 84.1 Å². The second-order valence-corrected chi connectivity index (χ2v) is 5.61. The Hall–Kier alpha value is -2.66. The SMILES string of the molecule is NC(=O)c1c(N=CC2=CCC=C2)n[nH]c1Cc1cccc(Cl)c1. The van der Waals surface area contributed by atoms with Crippen molar-refractivity contribution in [2.24, 2.45) is 10.7 Å². The lowest BCUT2D eigenvalue weighted by molar-refractivity contribution is 0.100. The molecule has 2 aromatic rings. The first-order valence-corrected chi connectivity index (χ1v) is 7.53. The van der Waals surface area contributed by atoms with Gasteiger partial charge in [-0.3, -0.25) is 9.89 Å². The van der Waals surface area contributed by atoms with E-state index in [0.717, 1.165) is 17.6 Å². The molecule has 0 bridgehead atoms. The van der Waals surface area contributed by atoms with Crippen LogP contribution in [0.1, 0.15) is 28.0 Å². The van der Waals surface area contributed by atoms with Crippen molar-refractivity contribution in [3.63, 3.8) is 0 Å². The number of aromatic amines is 1. The zero-order valence-electron chi connectivity index (χ0n) is 12.3. The molecule has 1 aromatic heterocycles. The summed E-state index contributed by atoms with van der Waals surface area (Å²) < 4.78 is 0. The molecule has 3 rings (SSSR count). The molecule has 1 aliphatic rings. The van der Waals surface area contributed by atoms with Gasteiger partial charge in [0.2, 0.25) is 0 Å². The molecule has 0 atom stereocenters. The van der Waals surface area contributed by atoms with E-state index in [4.69, 9.17) is 17.3 Å². The Morgan fingerprint density at radius 3 is 3.04 bits per heavy atom. The van der Waals surface area contributed by atoms with Crippen molar-refractivity contribution in [1.29, 1.82) is 0 Å². The van der Waals surface area contributed by atoms with Crippen molar-refractivity contribution in [3.05, 3.63) is 69.9 Å². The summed E-state index contributed by atoms with van der Waals surface area (Å²) in [7, 11) is 0. The maximum Gasteiger partial charge on any atom is 0.254 e. The number of allylic oxidation sites excluding steroid dienone is 4. The molecule has 5 nitrogen and oxygen atoms in total. The van der Waals surface area contributed by atoms with Gasteiger partial charge >= 0.3 is 0 Å². The highest BCUT2D eigenvalue weighted by Gasteiger charge is 2.18. The van der Waals surface area contributed by atoms with Crippen LogP contribution in [0.5, 0.6) is 0 Å². The standard InChI is InChI=1S/C17H15ClN4O/c18-13-7-3-6-12(8-13)9-14-15(16(19)23)17(22-21-14)20-10-11-4-1-2-5-11/h1,3-8,10H,2,9H2,(H2,19,23)(H,21,22). The zero-order chi connectivity index (χ0) is 16.2. The number of hydrogen-bond donors (Lipinski definition) is 2. The Bertz CT molecular complexity index is 833. The van der Waals surface area contributed by atoms with Crippen LogP contribution in [-0.2, 0) is 6.42 Å². The first kappa shape index (κ1) is 15.2. The molecule has 6 heteroatoms. The van der Waals surface area contributed by atoms with Crippen molar-refractivity contribution < 1.29 is 4.79 Å². The van der Waals surface area contributed by atoms with Crippen LogP contribution in [0, 0.1) is 0 Å². The summed E-state index contributed by atoms with van der Waals surface area (Å²) in [6, 6.07) is 7.42. The quantitative estimate of drug-likeness (QED) is 0.826. The summed E-state index contributed by atoms with van der Waals surface area (Å²) in [6.07, 6.45) is 9.08. The molecule has 1 aromatic carbocycles. The van der Waals surface area contributed by atoms with Crippen LogP contribution in [0.2, 0.25) is 5.02 Å². The highest BCUT2D eigenvalue weighted by atomic mass is 35.5. The lowest BCUT2D eigenvalue weighted by atomic mass is 10.1. The van der Waals surface area contributed by atoms with Gasteiger partial charge in [-0.2, -0.15) is 5.10 Å². The Morgan fingerprint density at radius 1 is 1.48 bits per heavy atom. The zero-order valence-corrected chi connectivity index (χ0v) is 13.0. The summed E-state index contributed by atoms with van der Waals surface area (Å²) in [5.41, 5.74) is 8.38. The third kappa shape index (κ3) is 3.57. The maximum absolute atomic E-state index is 11.8. The van der Waals surface area contributed by atoms with Gasteiger partial charge in [-0.25, -0.2) is 4.99 Å².